The normalized spacial score (nSPS) is 12.2. The Morgan fingerprint density at radius 1 is 1.33 bits per heavy atom. The fourth-order valence-electron chi connectivity index (χ4n) is 1.06. The van der Waals surface area contributed by atoms with Crippen molar-refractivity contribution in [2.45, 2.75) is 20.0 Å². The van der Waals surface area contributed by atoms with Crippen molar-refractivity contribution in [2.75, 3.05) is 0 Å². The zero-order chi connectivity index (χ0) is 8.97. The summed E-state index contributed by atoms with van der Waals surface area (Å²) >= 11 is 0. The third-order valence-electron chi connectivity index (χ3n) is 1.62. The van der Waals surface area contributed by atoms with Crippen LogP contribution in [-0.4, -0.2) is 5.90 Å². The van der Waals surface area contributed by atoms with Gasteiger partial charge in [-0.15, -0.1) is 0 Å². The first-order chi connectivity index (χ1) is 5.70. The summed E-state index contributed by atoms with van der Waals surface area (Å²) < 4.78 is 5.22. The number of nitrogens with one attached hydrogen (secondary N) is 1. The minimum atomic E-state index is -0.0244. The Balaban J connectivity index is 2.65. The smallest absolute Gasteiger partial charge is 0.177 e. The van der Waals surface area contributed by atoms with E-state index in [1.165, 1.54) is 0 Å². The highest BCUT2D eigenvalue weighted by Gasteiger charge is 2.04. The van der Waals surface area contributed by atoms with Gasteiger partial charge in [0.2, 0.25) is 0 Å². The highest BCUT2D eigenvalue weighted by Crippen LogP contribution is 2.15. The van der Waals surface area contributed by atoms with Gasteiger partial charge in [-0.3, -0.25) is 5.41 Å². The lowest BCUT2D eigenvalue weighted by Crippen LogP contribution is -2.03. The summed E-state index contributed by atoms with van der Waals surface area (Å²) in [6.45, 7) is 3.58. The molecule has 1 rings (SSSR count). The molecule has 0 aromatic heterocycles. The Morgan fingerprint density at radius 2 is 1.92 bits per heavy atom. The summed E-state index contributed by atoms with van der Waals surface area (Å²) in [5, 5.41) is 7.15. The molecule has 0 bridgehead atoms. The highest BCUT2D eigenvalue weighted by molar-refractivity contribution is 5.69. The lowest BCUT2D eigenvalue weighted by atomic mass is 10.1. The molecule has 12 heavy (non-hydrogen) atoms. The van der Waals surface area contributed by atoms with E-state index in [-0.39, 0.29) is 12.0 Å². The standard InChI is InChI=1S/C10H13NO/c1-8(12-9(2)11)10-6-4-3-5-7-10/h3-8,11H,1-2H3. The predicted molar refractivity (Wildman–Crippen MR) is 49.3 cm³/mol. The van der Waals surface area contributed by atoms with Crippen LogP contribution in [-0.2, 0) is 4.74 Å². The van der Waals surface area contributed by atoms with E-state index in [4.69, 9.17) is 10.1 Å². The molecule has 0 spiro atoms. The minimum Gasteiger partial charge on any atom is -0.474 e. The van der Waals surface area contributed by atoms with Crippen molar-refractivity contribution in [1.29, 1.82) is 5.41 Å². The second-order valence-corrected chi connectivity index (χ2v) is 2.73. The van der Waals surface area contributed by atoms with Crippen LogP contribution < -0.4 is 0 Å². The molecule has 0 saturated carbocycles. The fraction of sp³-hybridized carbons (Fsp3) is 0.300. The maximum absolute atomic E-state index is 7.15. The monoisotopic (exact) mass is 163 g/mol. The lowest BCUT2D eigenvalue weighted by Gasteiger charge is -2.12. The van der Waals surface area contributed by atoms with E-state index in [0.29, 0.717) is 0 Å². The molecule has 0 heterocycles. The van der Waals surface area contributed by atoms with Gasteiger partial charge < -0.3 is 4.74 Å². The molecule has 1 atom stereocenters. The number of benzene rings is 1. The average Bonchev–Trinajstić information content (AvgIpc) is 2.05. The van der Waals surface area contributed by atoms with Crippen molar-refractivity contribution in [1.82, 2.24) is 0 Å². The average molecular weight is 163 g/mol. The van der Waals surface area contributed by atoms with Crippen LogP contribution in [0.15, 0.2) is 30.3 Å². The van der Waals surface area contributed by atoms with Gasteiger partial charge in [-0.05, 0) is 12.5 Å². The number of rotatable bonds is 2. The Bertz CT molecular complexity index is 256. The molecule has 0 radical (unpaired) electrons. The molecule has 1 N–H and O–H groups in total. The van der Waals surface area contributed by atoms with Crippen LogP contribution in [0.25, 0.3) is 0 Å². The van der Waals surface area contributed by atoms with E-state index < -0.39 is 0 Å². The van der Waals surface area contributed by atoms with Crippen molar-refractivity contribution in [2.24, 2.45) is 0 Å². The molecule has 0 aliphatic heterocycles. The quantitative estimate of drug-likeness (QED) is 0.527. The minimum absolute atomic E-state index is 0.0244. The molecule has 1 unspecified atom stereocenters. The van der Waals surface area contributed by atoms with Crippen LogP contribution >= 0.6 is 0 Å². The van der Waals surface area contributed by atoms with Crippen molar-refractivity contribution < 1.29 is 4.74 Å². The third kappa shape index (κ3) is 2.38. The first kappa shape index (κ1) is 8.78. The van der Waals surface area contributed by atoms with Gasteiger partial charge in [0.05, 0.1) is 0 Å². The third-order valence-corrected chi connectivity index (χ3v) is 1.62. The molecule has 0 amide bonds. The van der Waals surface area contributed by atoms with Crippen molar-refractivity contribution >= 4 is 5.90 Å². The van der Waals surface area contributed by atoms with E-state index in [1.54, 1.807) is 6.92 Å². The maximum Gasteiger partial charge on any atom is 0.177 e. The highest BCUT2D eigenvalue weighted by atomic mass is 16.5. The molecule has 0 aliphatic rings. The molecule has 0 aliphatic carbocycles. The summed E-state index contributed by atoms with van der Waals surface area (Å²) in [4.78, 5) is 0. The molecule has 0 saturated heterocycles. The Hall–Kier alpha value is -1.31. The van der Waals surface area contributed by atoms with Gasteiger partial charge in [0, 0.05) is 6.92 Å². The summed E-state index contributed by atoms with van der Waals surface area (Å²) in [7, 11) is 0. The van der Waals surface area contributed by atoms with Crippen molar-refractivity contribution in [3.8, 4) is 0 Å². The van der Waals surface area contributed by atoms with Crippen LogP contribution in [0.1, 0.15) is 25.5 Å². The van der Waals surface area contributed by atoms with E-state index in [1.807, 2.05) is 37.3 Å². The second kappa shape index (κ2) is 3.90. The van der Waals surface area contributed by atoms with Crippen LogP contribution in [0.5, 0.6) is 0 Å². The largest absolute Gasteiger partial charge is 0.474 e. The second-order valence-electron chi connectivity index (χ2n) is 2.73. The fourth-order valence-corrected chi connectivity index (χ4v) is 1.06. The lowest BCUT2D eigenvalue weighted by molar-refractivity contribution is 0.208. The van der Waals surface area contributed by atoms with Gasteiger partial charge in [-0.2, -0.15) is 0 Å². The van der Waals surface area contributed by atoms with Gasteiger partial charge in [-0.1, -0.05) is 30.3 Å². The summed E-state index contributed by atoms with van der Waals surface area (Å²) in [6, 6.07) is 9.89. The van der Waals surface area contributed by atoms with E-state index in [2.05, 4.69) is 0 Å². The number of hydrogen-bond acceptors (Lipinski definition) is 2. The molecular formula is C10H13NO. The van der Waals surface area contributed by atoms with Crippen LogP contribution in [0, 0.1) is 5.41 Å². The molecule has 64 valence electrons. The van der Waals surface area contributed by atoms with E-state index in [0.717, 1.165) is 5.56 Å². The topological polar surface area (TPSA) is 33.1 Å². The SMILES string of the molecule is CC(=N)OC(C)c1ccccc1. The van der Waals surface area contributed by atoms with Gasteiger partial charge in [-0.25, -0.2) is 0 Å². The number of ether oxygens (including phenoxy) is 1. The first-order valence-corrected chi connectivity index (χ1v) is 3.97. The zero-order valence-electron chi connectivity index (χ0n) is 7.37. The summed E-state index contributed by atoms with van der Waals surface area (Å²) in [6.07, 6.45) is -0.0244. The molecule has 2 heteroatoms. The van der Waals surface area contributed by atoms with Gasteiger partial charge in [0.15, 0.2) is 5.90 Å². The molecule has 1 aromatic rings. The van der Waals surface area contributed by atoms with E-state index >= 15 is 0 Å². The predicted octanol–water partition coefficient (Wildman–Crippen LogP) is 2.76. The number of hydrogen-bond donors (Lipinski definition) is 1. The molecule has 0 fully saturated rings. The van der Waals surface area contributed by atoms with Gasteiger partial charge in [0.1, 0.15) is 6.10 Å². The van der Waals surface area contributed by atoms with Crippen molar-refractivity contribution in [3.05, 3.63) is 35.9 Å². The Kier molecular flexibility index (Phi) is 2.86. The summed E-state index contributed by atoms with van der Waals surface area (Å²) in [5.41, 5.74) is 1.10. The summed E-state index contributed by atoms with van der Waals surface area (Å²) in [5.74, 6) is 0.256. The molecule has 2 nitrogen and oxygen atoms in total. The van der Waals surface area contributed by atoms with Gasteiger partial charge in [0.25, 0.3) is 0 Å². The zero-order valence-corrected chi connectivity index (χ0v) is 7.37. The van der Waals surface area contributed by atoms with Crippen LogP contribution in [0.3, 0.4) is 0 Å². The first-order valence-electron chi connectivity index (χ1n) is 3.97. The van der Waals surface area contributed by atoms with Crippen molar-refractivity contribution in [3.63, 3.8) is 0 Å². The Morgan fingerprint density at radius 3 is 2.42 bits per heavy atom. The van der Waals surface area contributed by atoms with Gasteiger partial charge >= 0.3 is 0 Å². The maximum atomic E-state index is 7.15. The van der Waals surface area contributed by atoms with Crippen LogP contribution in [0.4, 0.5) is 0 Å². The molecule has 1 aromatic carbocycles. The van der Waals surface area contributed by atoms with E-state index in [9.17, 15) is 0 Å². The van der Waals surface area contributed by atoms with Crippen LogP contribution in [0.2, 0.25) is 0 Å². The molecular weight excluding hydrogens is 150 g/mol. The Labute approximate surface area is 72.7 Å².